The van der Waals surface area contributed by atoms with Crippen molar-refractivity contribution in [2.24, 2.45) is 0 Å². The topological polar surface area (TPSA) is 81.0 Å². The van der Waals surface area contributed by atoms with Crippen LogP contribution in [0.15, 0.2) is 82.0 Å². The van der Waals surface area contributed by atoms with E-state index in [4.69, 9.17) is 9.15 Å². The number of aromatic nitrogens is 3. The average Bonchev–Trinajstić information content (AvgIpc) is 3.20. The Hall–Kier alpha value is -3.93. The van der Waals surface area contributed by atoms with Crippen molar-refractivity contribution in [3.05, 3.63) is 89.0 Å². The molecule has 28 heavy (non-hydrogen) atoms. The molecule has 0 saturated carbocycles. The first-order chi connectivity index (χ1) is 13.8. The highest BCUT2D eigenvalue weighted by Crippen LogP contribution is 2.22. The molecule has 0 spiro atoms. The normalized spacial score (nSPS) is 11.1. The van der Waals surface area contributed by atoms with Crippen molar-refractivity contribution < 1.29 is 9.15 Å². The molecule has 2 aromatic heterocycles. The molecule has 0 aliphatic carbocycles. The summed E-state index contributed by atoms with van der Waals surface area (Å²) in [7, 11) is 0. The van der Waals surface area contributed by atoms with E-state index in [1.807, 2.05) is 66.7 Å². The maximum Gasteiger partial charge on any atom is 0.261 e. The molecule has 0 atom stereocenters. The van der Waals surface area contributed by atoms with Gasteiger partial charge in [0, 0.05) is 5.52 Å². The lowest BCUT2D eigenvalue weighted by atomic mass is 10.1. The molecule has 0 bridgehead atoms. The van der Waals surface area contributed by atoms with Gasteiger partial charge in [-0.25, -0.2) is 0 Å². The van der Waals surface area contributed by atoms with Crippen molar-refractivity contribution in [1.82, 2.24) is 15.2 Å². The van der Waals surface area contributed by atoms with Crippen LogP contribution in [0.1, 0.15) is 5.89 Å². The summed E-state index contributed by atoms with van der Waals surface area (Å²) in [5.74, 6) is 1.18. The standard InChI is InChI=1S/C22H15N3O3/c26-21-18(12-16-7-3-4-8-19(16)23-21)22-25-24-20(28-22)13-27-17-10-9-14-5-1-2-6-15(14)11-17/h1-12H,13H2,(H,23,26). The number of pyridine rings is 1. The number of nitrogens with one attached hydrogen (secondary N) is 1. The third-order valence-corrected chi connectivity index (χ3v) is 4.53. The minimum Gasteiger partial charge on any atom is -0.484 e. The first-order valence-electron chi connectivity index (χ1n) is 8.83. The minimum absolute atomic E-state index is 0.122. The Morgan fingerprint density at radius 1 is 0.857 bits per heavy atom. The minimum atomic E-state index is -0.274. The monoisotopic (exact) mass is 369 g/mol. The van der Waals surface area contributed by atoms with E-state index in [1.54, 1.807) is 6.07 Å². The number of nitrogens with zero attached hydrogens (tertiary/aromatic N) is 2. The summed E-state index contributed by atoms with van der Waals surface area (Å²) in [4.78, 5) is 15.2. The molecule has 3 aromatic carbocycles. The largest absolute Gasteiger partial charge is 0.484 e. The quantitative estimate of drug-likeness (QED) is 0.510. The van der Waals surface area contributed by atoms with E-state index >= 15 is 0 Å². The summed E-state index contributed by atoms with van der Waals surface area (Å²) in [5.41, 5.74) is 0.822. The molecule has 0 amide bonds. The van der Waals surface area contributed by atoms with Crippen LogP contribution < -0.4 is 10.3 Å². The Morgan fingerprint density at radius 3 is 2.54 bits per heavy atom. The fourth-order valence-electron chi connectivity index (χ4n) is 3.13. The third kappa shape index (κ3) is 3.01. The van der Waals surface area contributed by atoms with Gasteiger partial charge in [-0.2, -0.15) is 0 Å². The van der Waals surface area contributed by atoms with E-state index in [2.05, 4.69) is 15.2 Å². The lowest BCUT2D eigenvalue weighted by molar-refractivity contribution is 0.265. The Labute approximate surface area is 159 Å². The molecule has 5 aromatic rings. The van der Waals surface area contributed by atoms with Crippen LogP contribution in [-0.2, 0) is 6.61 Å². The van der Waals surface area contributed by atoms with Crippen LogP contribution in [0.4, 0.5) is 0 Å². The van der Waals surface area contributed by atoms with E-state index in [0.29, 0.717) is 17.2 Å². The van der Waals surface area contributed by atoms with E-state index in [9.17, 15) is 4.79 Å². The van der Waals surface area contributed by atoms with Crippen LogP contribution in [0, 0.1) is 0 Å². The van der Waals surface area contributed by atoms with Crippen LogP contribution in [0.5, 0.6) is 5.75 Å². The van der Waals surface area contributed by atoms with Crippen molar-refractivity contribution in [1.29, 1.82) is 0 Å². The fourth-order valence-corrected chi connectivity index (χ4v) is 3.13. The van der Waals surface area contributed by atoms with Crippen LogP contribution in [-0.4, -0.2) is 15.2 Å². The molecule has 0 unspecified atom stereocenters. The highest BCUT2D eigenvalue weighted by Gasteiger charge is 2.14. The molecule has 2 heterocycles. The van der Waals surface area contributed by atoms with Crippen molar-refractivity contribution in [3.8, 4) is 17.2 Å². The SMILES string of the molecule is O=c1[nH]c2ccccc2cc1-c1nnc(COc2ccc3ccccc3c2)o1. The molecule has 0 saturated heterocycles. The zero-order valence-electron chi connectivity index (χ0n) is 14.8. The lowest BCUT2D eigenvalue weighted by Gasteiger charge is -2.04. The molecular weight excluding hydrogens is 354 g/mol. The number of H-pyrrole nitrogens is 1. The molecule has 136 valence electrons. The highest BCUT2D eigenvalue weighted by atomic mass is 16.5. The summed E-state index contributed by atoms with van der Waals surface area (Å²) < 4.78 is 11.4. The molecule has 0 radical (unpaired) electrons. The highest BCUT2D eigenvalue weighted by molar-refractivity contribution is 5.84. The average molecular weight is 369 g/mol. The third-order valence-electron chi connectivity index (χ3n) is 4.53. The van der Waals surface area contributed by atoms with Gasteiger partial charge in [0.2, 0.25) is 0 Å². The number of ether oxygens (including phenoxy) is 1. The molecular formula is C22H15N3O3. The van der Waals surface area contributed by atoms with Gasteiger partial charge in [-0.15, -0.1) is 10.2 Å². The zero-order chi connectivity index (χ0) is 18.9. The number of hydrogen-bond acceptors (Lipinski definition) is 5. The Bertz CT molecular complexity index is 1350. The van der Waals surface area contributed by atoms with Gasteiger partial charge in [0.05, 0.1) is 0 Å². The first-order valence-corrected chi connectivity index (χ1v) is 8.83. The van der Waals surface area contributed by atoms with Gasteiger partial charge < -0.3 is 14.1 Å². The van der Waals surface area contributed by atoms with Gasteiger partial charge in [0.15, 0.2) is 6.61 Å². The van der Waals surface area contributed by atoms with Gasteiger partial charge in [0.25, 0.3) is 17.3 Å². The second-order valence-corrected chi connectivity index (χ2v) is 6.40. The predicted octanol–water partition coefficient (Wildman–Crippen LogP) is 4.31. The van der Waals surface area contributed by atoms with E-state index in [1.165, 1.54) is 0 Å². The van der Waals surface area contributed by atoms with Crippen LogP contribution in [0.25, 0.3) is 33.1 Å². The molecule has 6 nitrogen and oxygen atoms in total. The number of para-hydroxylation sites is 1. The van der Waals surface area contributed by atoms with Gasteiger partial charge in [-0.1, -0.05) is 48.5 Å². The van der Waals surface area contributed by atoms with E-state index in [-0.39, 0.29) is 18.1 Å². The van der Waals surface area contributed by atoms with Gasteiger partial charge in [-0.05, 0) is 40.4 Å². The van der Waals surface area contributed by atoms with Crippen LogP contribution >= 0.6 is 0 Å². The van der Waals surface area contributed by atoms with Crippen LogP contribution in [0.2, 0.25) is 0 Å². The Kier molecular flexibility index (Phi) is 3.87. The molecule has 0 aliphatic rings. The zero-order valence-corrected chi connectivity index (χ0v) is 14.8. The lowest BCUT2D eigenvalue weighted by Crippen LogP contribution is -2.08. The van der Waals surface area contributed by atoms with Crippen molar-refractivity contribution in [2.75, 3.05) is 0 Å². The molecule has 6 heteroatoms. The van der Waals surface area contributed by atoms with Crippen molar-refractivity contribution in [2.45, 2.75) is 6.61 Å². The number of hydrogen-bond donors (Lipinski definition) is 1. The van der Waals surface area contributed by atoms with Gasteiger partial charge in [-0.3, -0.25) is 4.79 Å². The molecule has 0 fully saturated rings. The van der Waals surface area contributed by atoms with Crippen LogP contribution in [0.3, 0.4) is 0 Å². The summed E-state index contributed by atoms with van der Waals surface area (Å²) in [5, 5.41) is 11.1. The molecule has 5 rings (SSSR count). The van der Waals surface area contributed by atoms with Gasteiger partial charge in [0.1, 0.15) is 11.3 Å². The Morgan fingerprint density at radius 2 is 1.64 bits per heavy atom. The van der Waals surface area contributed by atoms with E-state index in [0.717, 1.165) is 21.7 Å². The fraction of sp³-hybridized carbons (Fsp3) is 0.0455. The number of fused-ring (bicyclic) bond motifs is 2. The first kappa shape index (κ1) is 16.3. The number of rotatable bonds is 4. The smallest absolute Gasteiger partial charge is 0.261 e. The van der Waals surface area contributed by atoms with Gasteiger partial charge >= 0.3 is 0 Å². The second-order valence-electron chi connectivity index (χ2n) is 6.40. The predicted molar refractivity (Wildman–Crippen MR) is 106 cm³/mol. The molecule has 1 N–H and O–H groups in total. The van der Waals surface area contributed by atoms with E-state index < -0.39 is 0 Å². The second kappa shape index (κ2) is 6.66. The van der Waals surface area contributed by atoms with Crippen molar-refractivity contribution >= 4 is 21.7 Å². The maximum absolute atomic E-state index is 12.3. The maximum atomic E-state index is 12.3. The molecule has 0 aliphatic heterocycles. The summed E-state index contributed by atoms with van der Waals surface area (Å²) in [6.45, 7) is 0.122. The Balaban J connectivity index is 1.38. The number of aromatic amines is 1. The van der Waals surface area contributed by atoms with Crippen molar-refractivity contribution in [3.63, 3.8) is 0 Å². The summed E-state index contributed by atoms with van der Waals surface area (Å²) in [6.07, 6.45) is 0. The summed E-state index contributed by atoms with van der Waals surface area (Å²) in [6, 6.07) is 23.2. The number of benzene rings is 3. The summed E-state index contributed by atoms with van der Waals surface area (Å²) >= 11 is 0.